The molecule has 2 aromatic rings. The molecule has 0 radical (unpaired) electrons. The molecule has 1 amide bonds. The average molecular weight is 286 g/mol. The number of carboxylic acids is 1. The molecular weight excluding hydrogens is 272 g/mol. The number of amides is 1. The zero-order valence-corrected chi connectivity index (χ0v) is 11.2. The number of hydrogen-bond donors (Lipinski definition) is 3. The van der Waals surface area contributed by atoms with Gasteiger partial charge in [0.1, 0.15) is 0 Å². The van der Waals surface area contributed by atoms with E-state index in [1.165, 1.54) is 10.7 Å². The molecule has 2 heterocycles. The van der Waals surface area contributed by atoms with Crippen LogP contribution in [0.2, 0.25) is 0 Å². The summed E-state index contributed by atoms with van der Waals surface area (Å²) in [4.78, 5) is 22.9. The van der Waals surface area contributed by atoms with Crippen molar-refractivity contribution in [3.8, 4) is 5.69 Å². The van der Waals surface area contributed by atoms with Crippen molar-refractivity contribution in [1.82, 2.24) is 15.1 Å². The first kappa shape index (κ1) is 13.3. The zero-order valence-electron chi connectivity index (χ0n) is 11.2. The van der Waals surface area contributed by atoms with E-state index in [0.717, 1.165) is 17.8 Å². The molecule has 21 heavy (non-hydrogen) atoms. The Morgan fingerprint density at radius 2 is 2.10 bits per heavy atom. The van der Waals surface area contributed by atoms with Crippen molar-refractivity contribution in [2.45, 2.75) is 13.0 Å². The predicted molar refractivity (Wildman–Crippen MR) is 74.5 cm³/mol. The van der Waals surface area contributed by atoms with Gasteiger partial charge in [0.15, 0.2) is 5.69 Å². The van der Waals surface area contributed by atoms with Gasteiger partial charge in [-0.15, -0.1) is 0 Å². The molecule has 4 N–H and O–H groups in total. The number of carbonyl (C=O) groups is 2. The number of aromatic carboxylic acids is 1. The first-order chi connectivity index (χ1) is 10.1. The molecule has 1 aliphatic heterocycles. The highest BCUT2D eigenvalue weighted by Gasteiger charge is 2.25. The van der Waals surface area contributed by atoms with E-state index in [4.69, 9.17) is 5.73 Å². The monoisotopic (exact) mass is 286 g/mol. The molecular formula is C14H14N4O3. The van der Waals surface area contributed by atoms with Gasteiger partial charge in [0, 0.05) is 25.1 Å². The lowest BCUT2D eigenvalue weighted by molar-refractivity contribution is 0.0696. The van der Waals surface area contributed by atoms with Crippen molar-refractivity contribution in [1.29, 1.82) is 0 Å². The van der Waals surface area contributed by atoms with Gasteiger partial charge in [-0.1, -0.05) is 12.1 Å². The van der Waals surface area contributed by atoms with Crippen LogP contribution < -0.4 is 11.1 Å². The van der Waals surface area contributed by atoms with Gasteiger partial charge in [-0.05, 0) is 12.1 Å². The number of fused-ring (bicyclic) bond motifs is 1. The standard InChI is InChI=1S/C14H14N4O3/c15-13(19)12-9-7-16-6-5-11(9)18(17-12)10-4-2-1-3-8(10)14(20)21/h1-4,16H,5-7H2,(H2,15,19)(H,20,21). The molecule has 108 valence electrons. The van der Waals surface area contributed by atoms with Crippen LogP contribution in [0, 0.1) is 0 Å². The summed E-state index contributed by atoms with van der Waals surface area (Å²) < 4.78 is 1.53. The van der Waals surface area contributed by atoms with Crippen LogP contribution in [0.1, 0.15) is 32.1 Å². The largest absolute Gasteiger partial charge is 0.478 e. The van der Waals surface area contributed by atoms with E-state index in [1.807, 2.05) is 0 Å². The number of hydrogen-bond acceptors (Lipinski definition) is 4. The third kappa shape index (κ3) is 2.17. The van der Waals surface area contributed by atoms with Gasteiger partial charge in [-0.3, -0.25) is 4.79 Å². The minimum absolute atomic E-state index is 0.136. The first-order valence-corrected chi connectivity index (χ1v) is 6.53. The topological polar surface area (TPSA) is 110 Å². The number of carbonyl (C=O) groups excluding carboxylic acids is 1. The maximum Gasteiger partial charge on any atom is 0.337 e. The van der Waals surface area contributed by atoms with Gasteiger partial charge in [0.25, 0.3) is 5.91 Å². The van der Waals surface area contributed by atoms with Gasteiger partial charge in [0.05, 0.1) is 16.9 Å². The van der Waals surface area contributed by atoms with Crippen LogP contribution in [-0.2, 0) is 13.0 Å². The SMILES string of the molecule is NC(=O)c1nn(-c2ccccc2C(=O)O)c2c1CNCC2. The van der Waals surface area contributed by atoms with E-state index >= 15 is 0 Å². The van der Waals surface area contributed by atoms with Crippen LogP contribution in [0.25, 0.3) is 5.69 Å². The number of nitrogens with two attached hydrogens (primary N) is 1. The molecule has 0 saturated carbocycles. The van der Waals surface area contributed by atoms with Crippen molar-refractivity contribution in [3.05, 3.63) is 46.8 Å². The molecule has 0 unspecified atom stereocenters. The number of aromatic nitrogens is 2. The molecule has 3 rings (SSSR count). The van der Waals surface area contributed by atoms with E-state index in [0.29, 0.717) is 18.7 Å². The summed E-state index contributed by atoms with van der Waals surface area (Å²) >= 11 is 0. The Morgan fingerprint density at radius 3 is 2.81 bits per heavy atom. The maximum absolute atomic E-state index is 11.5. The summed E-state index contributed by atoms with van der Waals surface area (Å²) in [6, 6.07) is 6.57. The average Bonchev–Trinajstić information content (AvgIpc) is 2.87. The number of para-hydroxylation sites is 1. The summed E-state index contributed by atoms with van der Waals surface area (Å²) in [5.74, 6) is -1.65. The Hall–Kier alpha value is -2.67. The number of rotatable bonds is 3. The molecule has 0 aliphatic carbocycles. The van der Waals surface area contributed by atoms with Crippen LogP contribution >= 0.6 is 0 Å². The highest BCUT2D eigenvalue weighted by Crippen LogP contribution is 2.24. The van der Waals surface area contributed by atoms with E-state index in [9.17, 15) is 14.7 Å². The zero-order chi connectivity index (χ0) is 15.0. The van der Waals surface area contributed by atoms with Crippen LogP contribution in [0.4, 0.5) is 0 Å². The normalized spacial score (nSPS) is 13.7. The van der Waals surface area contributed by atoms with Crippen molar-refractivity contribution >= 4 is 11.9 Å². The summed E-state index contributed by atoms with van der Waals surface area (Å²) in [5, 5.41) is 16.7. The van der Waals surface area contributed by atoms with Gasteiger partial charge in [0.2, 0.25) is 0 Å². The number of primary amides is 1. The van der Waals surface area contributed by atoms with Crippen molar-refractivity contribution < 1.29 is 14.7 Å². The Kier molecular flexibility index (Phi) is 3.19. The molecule has 1 aromatic carbocycles. The van der Waals surface area contributed by atoms with Crippen molar-refractivity contribution in [2.75, 3.05) is 6.54 Å². The molecule has 0 bridgehead atoms. The molecule has 1 aliphatic rings. The Bertz CT molecular complexity index is 736. The summed E-state index contributed by atoms with van der Waals surface area (Å²) in [7, 11) is 0. The van der Waals surface area contributed by atoms with E-state index in [2.05, 4.69) is 10.4 Å². The quantitative estimate of drug-likeness (QED) is 0.752. The van der Waals surface area contributed by atoms with Gasteiger partial charge in [-0.25, -0.2) is 9.48 Å². The van der Waals surface area contributed by atoms with Gasteiger partial charge in [-0.2, -0.15) is 5.10 Å². The summed E-state index contributed by atoms with van der Waals surface area (Å²) in [6.45, 7) is 1.25. The Morgan fingerprint density at radius 1 is 1.33 bits per heavy atom. The van der Waals surface area contributed by atoms with Crippen LogP contribution in [0.15, 0.2) is 24.3 Å². The predicted octanol–water partition coefficient (Wildman–Crippen LogP) is 0.315. The fourth-order valence-electron chi connectivity index (χ4n) is 2.58. The summed E-state index contributed by atoms with van der Waals surface area (Å²) in [5.41, 5.74) is 7.71. The van der Waals surface area contributed by atoms with Gasteiger partial charge < -0.3 is 16.2 Å². The van der Waals surface area contributed by atoms with Crippen LogP contribution in [-0.4, -0.2) is 33.3 Å². The van der Waals surface area contributed by atoms with Gasteiger partial charge >= 0.3 is 5.97 Å². The second kappa shape index (κ2) is 5.02. The number of nitrogens with zero attached hydrogens (tertiary/aromatic N) is 2. The summed E-state index contributed by atoms with van der Waals surface area (Å²) in [6.07, 6.45) is 0.656. The third-order valence-corrected chi connectivity index (χ3v) is 3.53. The van der Waals surface area contributed by atoms with Crippen LogP contribution in [0.3, 0.4) is 0 Å². The minimum Gasteiger partial charge on any atom is -0.478 e. The Balaban J connectivity index is 2.24. The molecule has 1 aromatic heterocycles. The van der Waals surface area contributed by atoms with E-state index in [-0.39, 0.29) is 11.3 Å². The van der Waals surface area contributed by atoms with E-state index in [1.54, 1.807) is 18.2 Å². The lowest BCUT2D eigenvalue weighted by atomic mass is 10.1. The fraction of sp³-hybridized carbons (Fsp3) is 0.214. The van der Waals surface area contributed by atoms with Crippen LogP contribution in [0.5, 0.6) is 0 Å². The Labute approximate surface area is 120 Å². The smallest absolute Gasteiger partial charge is 0.337 e. The fourth-order valence-corrected chi connectivity index (χ4v) is 2.58. The van der Waals surface area contributed by atoms with Crippen molar-refractivity contribution in [2.24, 2.45) is 5.73 Å². The first-order valence-electron chi connectivity index (χ1n) is 6.53. The third-order valence-electron chi connectivity index (χ3n) is 3.53. The molecule has 0 atom stereocenters. The minimum atomic E-state index is -1.04. The second-order valence-electron chi connectivity index (χ2n) is 4.80. The molecule has 7 heteroatoms. The molecule has 0 spiro atoms. The number of carboxylic acid groups (broad SMARTS) is 1. The number of benzene rings is 1. The highest BCUT2D eigenvalue weighted by atomic mass is 16.4. The molecule has 0 fully saturated rings. The second-order valence-corrected chi connectivity index (χ2v) is 4.80. The highest BCUT2D eigenvalue weighted by molar-refractivity contribution is 5.94. The maximum atomic E-state index is 11.5. The van der Waals surface area contributed by atoms with Crippen molar-refractivity contribution in [3.63, 3.8) is 0 Å². The lowest BCUT2D eigenvalue weighted by Crippen LogP contribution is -2.26. The molecule has 0 saturated heterocycles. The number of nitrogens with one attached hydrogen (secondary N) is 1. The molecule has 7 nitrogen and oxygen atoms in total. The lowest BCUT2D eigenvalue weighted by Gasteiger charge is -2.16. The van der Waals surface area contributed by atoms with E-state index < -0.39 is 11.9 Å².